The highest BCUT2D eigenvalue weighted by molar-refractivity contribution is 6.00. The van der Waals surface area contributed by atoms with Crippen LogP contribution in [0.25, 0.3) is 0 Å². The number of fused-ring (bicyclic) bond motifs is 3. The van der Waals surface area contributed by atoms with Gasteiger partial charge in [0.1, 0.15) is 5.75 Å². The summed E-state index contributed by atoms with van der Waals surface area (Å²) in [4.78, 5) is 26.1. The number of phenols is 1. The van der Waals surface area contributed by atoms with E-state index in [0.29, 0.717) is 17.7 Å². The number of benzene rings is 3. The minimum Gasteiger partial charge on any atom is -0.508 e. The highest BCUT2D eigenvalue weighted by atomic mass is 16.6. The molecule has 7 heteroatoms. The second-order valence-electron chi connectivity index (χ2n) is 8.89. The molecule has 0 fully saturated rings. The molecule has 34 heavy (non-hydrogen) atoms. The number of amides is 1. The minimum atomic E-state index is -0.461. The maximum Gasteiger partial charge on any atom is 0.270 e. The number of non-ortho nitro benzene ring substituents is 1. The predicted octanol–water partition coefficient (Wildman–Crippen LogP) is 5.40. The molecule has 1 amide bonds. The maximum atomic E-state index is 13.5. The first-order chi connectivity index (χ1) is 16.4. The quantitative estimate of drug-likeness (QED) is 0.305. The Morgan fingerprint density at radius 3 is 2.68 bits per heavy atom. The van der Waals surface area contributed by atoms with E-state index in [9.17, 15) is 20.0 Å². The van der Waals surface area contributed by atoms with Crippen LogP contribution in [0.2, 0.25) is 0 Å². The van der Waals surface area contributed by atoms with E-state index in [-0.39, 0.29) is 35.2 Å². The normalized spacial score (nSPS) is 20.2. The van der Waals surface area contributed by atoms with E-state index in [1.165, 1.54) is 18.2 Å². The largest absolute Gasteiger partial charge is 0.508 e. The Morgan fingerprint density at radius 2 is 1.91 bits per heavy atom. The van der Waals surface area contributed by atoms with E-state index in [2.05, 4.69) is 17.5 Å². The van der Waals surface area contributed by atoms with E-state index >= 15 is 0 Å². The summed E-state index contributed by atoms with van der Waals surface area (Å²) in [7, 11) is 1.78. The fourth-order valence-electron chi connectivity index (χ4n) is 5.15. The summed E-state index contributed by atoms with van der Waals surface area (Å²) in [5.41, 5.74) is 3.72. The van der Waals surface area contributed by atoms with Crippen molar-refractivity contribution >= 4 is 17.3 Å². The number of nitrogens with one attached hydrogen (secondary N) is 1. The molecule has 3 unspecified atom stereocenters. The molecule has 3 aromatic rings. The van der Waals surface area contributed by atoms with Crippen LogP contribution in [0.15, 0.2) is 78.9 Å². The number of aromatic hydroxyl groups is 1. The Bertz CT molecular complexity index is 1290. The van der Waals surface area contributed by atoms with Gasteiger partial charge in [-0.15, -0.1) is 0 Å². The van der Waals surface area contributed by atoms with Crippen molar-refractivity contribution in [2.45, 2.75) is 24.9 Å². The van der Waals surface area contributed by atoms with Crippen molar-refractivity contribution in [2.75, 3.05) is 12.4 Å². The monoisotopic (exact) mass is 455 g/mol. The number of rotatable bonds is 5. The zero-order valence-electron chi connectivity index (χ0n) is 18.7. The molecule has 7 nitrogen and oxygen atoms in total. The summed E-state index contributed by atoms with van der Waals surface area (Å²) in [5.74, 6) is 0.0118. The molecule has 0 spiro atoms. The summed E-state index contributed by atoms with van der Waals surface area (Å²) in [6, 6.07) is 19.3. The third kappa shape index (κ3) is 3.79. The van der Waals surface area contributed by atoms with Crippen LogP contribution in [0.3, 0.4) is 0 Å². The van der Waals surface area contributed by atoms with Gasteiger partial charge >= 0.3 is 0 Å². The van der Waals surface area contributed by atoms with Gasteiger partial charge in [0.15, 0.2) is 0 Å². The molecule has 1 aliphatic heterocycles. The number of nitrogens with zero attached hydrogens (tertiary/aromatic N) is 2. The molecule has 2 N–H and O–H groups in total. The van der Waals surface area contributed by atoms with Gasteiger partial charge in [0.05, 0.1) is 22.2 Å². The van der Waals surface area contributed by atoms with Crippen LogP contribution in [0.4, 0.5) is 11.4 Å². The van der Waals surface area contributed by atoms with Gasteiger partial charge in [-0.1, -0.05) is 54.6 Å². The topological polar surface area (TPSA) is 95.7 Å². The summed E-state index contributed by atoms with van der Waals surface area (Å²) in [5, 5.41) is 25.5. The van der Waals surface area contributed by atoms with Crippen molar-refractivity contribution in [3.05, 3.63) is 111 Å². The molecule has 3 aromatic carbocycles. The minimum absolute atomic E-state index is 0.00204. The molecule has 2 aliphatic rings. The number of carbonyl (C=O) groups is 1. The third-order valence-electron chi connectivity index (χ3n) is 6.79. The Kier molecular flexibility index (Phi) is 5.53. The Morgan fingerprint density at radius 1 is 1.12 bits per heavy atom. The first-order valence-corrected chi connectivity index (χ1v) is 11.3. The van der Waals surface area contributed by atoms with Gasteiger partial charge < -0.3 is 15.3 Å². The third-order valence-corrected chi connectivity index (χ3v) is 6.79. The van der Waals surface area contributed by atoms with Gasteiger partial charge in [0.25, 0.3) is 11.6 Å². The van der Waals surface area contributed by atoms with Crippen LogP contribution in [-0.4, -0.2) is 27.9 Å². The molecule has 172 valence electrons. The van der Waals surface area contributed by atoms with Crippen LogP contribution in [0.5, 0.6) is 5.75 Å². The number of para-hydroxylation sites is 1. The summed E-state index contributed by atoms with van der Waals surface area (Å²) in [6.45, 7) is 0.477. The zero-order valence-corrected chi connectivity index (χ0v) is 18.7. The van der Waals surface area contributed by atoms with Crippen molar-refractivity contribution in [3.8, 4) is 5.75 Å². The molecule has 0 saturated heterocycles. The number of anilines is 1. The lowest BCUT2D eigenvalue weighted by molar-refractivity contribution is -0.385. The highest BCUT2D eigenvalue weighted by Crippen LogP contribution is 2.52. The highest BCUT2D eigenvalue weighted by Gasteiger charge is 2.40. The molecule has 1 heterocycles. The number of nitro groups is 1. The van der Waals surface area contributed by atoms with E-state index < -0.39 is 4.92 Å². The maximum absolute atomic E-state index is 13.5. The van der Waals surface area contributed by atoms with Gasteiger partial charge in [-0.25, -0.2) is 0 Å². The lowest BCUT2D eigenvalue weighted by Crippen LogP contribution is -2.32. The van der Waals surface area contributed by atoms with Gasteiger partial charge in [0, 0.05) is 37.2 Å². The van der Waals surface area contributed by atoms with Crippen LogP contribution in [0, 0.1) is 16.0 Å². The SMILES string of the molecule is CN(Cc1ccccc1)C(=O)c1cccc2c1NC(c1cc([N+](=O)[O-])ccc1O)C1CC=CC21. The average molecular weight is 456 g/mol. The van der Waals surface area contributed by atoms with Crippen molar-refractivity contribution in [2.24, 2.45) is 5.92 Å². The van der Waals surface area contributed by atoms with Crippen molar-refractivity contribution in [1.29, 1.82) is 0 Å². The molecule has 0 saturated carbocycles. The van der Waals surface area contributed by atoms with Gasteiger partial charge in [-0.2, -0.15) is 0 Å². The molecule has 3 atom stereocenters. The number of hydrogen-bond donors (Lipinski definition) is 2. The molecule has 5 rings (SSSR count). The number of allylic oxidation sites excluding steroid dienone is 2. The van der Waals surface area contributed by atoms with Crippen LogP contribution >= 0.6 is 0 Å². The van der Waals surface area contributed by atoms with Gasteiger partial charge in [0.2, 0.25) is 0 Å². The Labute approximate surface area is 197 Å². The molecule has 1 aliphatic carbocycles. The molecule has 0 radical (unpaired) electrons. The first kappa shape index (κ1) is 21.7. The van der Waals surface area contributed by atoms with Crippen molar-refractivity contribution < 1.29 is 14.8 Å². The smallest absolute Gasteiger partial charge is 0.270 e. The Hall–Kier alpha value is -4.13. The molecular weight excluding hydrogens is 430 g/mol. The molecule has 0 aromatic heterocycles. The van der Waals surface area contributed by atoms with Crippen LogP contribution in [0.1, 0.15) is 45.4 Å². The van der Waals surface area contributed by atoms with E-state index in [1.54, 1.807) is 18.0 Å². The number of carbonyl (C=O) groups excluding carboxylic acids is 1. The first-order valence-electron chi connectivity index (χ1n) is 11.3. The van der Waals surface area contributed by atoms with E-state index in [1.807, 2.05) is 42.5 Å². The van der Waals surface area contributed by atoms with E-state index in [4.69, 9.17) is 0 Å². The molecular formula is C27H25N3O4. The fraction of sp³-hybridized carbons (Fsp3) is 0.222. The van der Waals surface area contributed by atoms with E-state index in [0.717, 1.165) is 23.2 Å². The number of phenolic OH excluding ortho intramolecular Hbond substituents is 1. The lowest BCUT2D eigenvalue weighted by Gasteiger charge is -2.38. The second-order valence-corrected chi connectivity index (χ2v) is 8.89. The predicted molar refractivity (Wildman–Crippen MR) is 130 cm³/mol. The second kappa shape index (κ2) is 8.67. The lowest BCUT2D eigenvalue weighted by atomic mass is 9.76. The zero-order chi connectivity index (χ0) is 23.8. The fourth-order valence-corrected chi connectivity index (χ4v) is 5.15. The standard InChI is InChI=1S/C27H25N3O4/c1-29(16-17-7-3-2-4-8-17)27(32)22-12-6-11-20-19-9-5-10-21(19)26(28-25(20)22)23-15-18(30(33)34)13-14-24(23)31/h2-9,11-15,19,21,26,28,31H,10,16H2,1H3. The summed E-state index contributed by atoms with van der Waals surface area (Å²) >= 11 is 0. The number of nitro benzene ring substituents is 1. The van der Waals surface area contributed by atoms with Gasteiger partial charge in [-0.05, 0) is 35.6 Å². The summed E-state index contributed by atoms with van der Waals surface area (Å²) in [6.07, 6.45) is 5.01. The van der Waals surface area contributed by atoms with Crippen LogP contribution < -0.4 is 5.32 Å². The van der Waals surface area contributed by atoms with Crippen LogP contribution in [-0.2, 0) is 6.54 Å². The Balaban J connectivity index is 1.53. The summed E-state index contributed by atoms with van der Waals surface area (Å²) < 4.78 is 0. The van der Waals surface area contributed by atoms with Gasteiger partial charge in [-0.3, -0.25) is 14.9 Å². The van der Waals surface area contributed by atoms with Crippen molar-refractivity contribution in [3.63, 3.8) is 0 Å². The molecule has 0 bridgehead atoms. The number of hydrogen-bond acceptors (Lipinski definition) is 5. The average Bonchev–Trinajstić information content (AvgIpc) is 3.34. The van der Waals surface area contributed by atoms with Crippen molar-refractivity contribution in [1.82, 2.24) is 4.90 Å².